The molecule has 0 aliphatic heterocycles. The van der Waals surface area contributed by atoms with Crippen LogP contribution in [-0.2, 0) is 6.54 Å². The van der Waals surface area contributed by atoms with E-state index in [-0.39, 0.29) is 5.82 Å². The van der Waals surface area contributed by atoms with Crippen molar-refractivity contribution >= 4 is 23.4 Å². The SMILES string of the molecule is CSCCNCc1cc(F)ccc1Cl. The van der Waals surface area contributed by atoms with Gasteiger partial charge in [0.25, 0.3) is 0 Å². The van der Waals surface area contributed by atoms with Gasteiger partial charge in [0.05, 0.1) is 0 Å². The lowest BCUT2D eigenvalue weighted by Crippen LogP contribution is -2.16. The molecule has 0 bridgehead atoms. The molecule has 0 aliphatic rings. The minimum absolute atomic E-state index is 0.240. The van der Waals surface area contributed by atoms with E-state index in [1.807, 2.05) is 0 Å². The second-order valence-electron chi connectivity index (χ2n) is 2.91. The van der Waals surface area contributed by atoms with Gasteiger partial charge in [0.15, 0.2) is 0 Å². The number of nitrogens with one attached hydrogen (secondary N) is 1. The average Bonchev–Trinajstić information content (AvgIpc) is 2.18. The summed E-state index contributed by atoms with van der Waals surface area (Å²) in [6.45, 7) is 1.53. The first-order valence-electron chi connectivity index (χ1n) is 4.37. The molecule has 0 atom stereocenters. The lowest BCUT2D eigenvalue weighted by molar-refractivity contribution is 0.622. The van der Waals surface area contributed by atoms with Crippen LogP contribution in [0.2, 0.25) is 5.02 Å². The second-order valence-corrected chi connectivity index (χ2v) is 4.30. The Morgan fingerprint density at radius 1 is 1.50 bits per heavy atom. The molecule has 0 amide bonds. The molecular weight excluding hydrogens is 221 g/mol. The number of thioether (sulfide) groups is 1. The van der Waals surface area contributed by atoms with Gasteiger partial charge < -0.3 is 5.32 Å². The van der Waals surface area contributed by atoms with Crippen molar-refractivity contribution in [2.45, 2.75) is 6.54 Å². The molecule has 1 rings (SSSR count). The van der Waals surface area contributed by atoms with Crippen LogP contribution in [0.4, 0.5) is 4.39 Å². The monoisotopic (exact) mass is 233 g/mol. The second kappa shape index (κ2) is 6.27. The summed E-state index contributed by atoms with van der Waals surface area (Å²) in [5, 5.41) is 3.81. The Kier molecular flexibility index (Phi) is 5.30. The summed E-state index contributed by atoms with van der Waals surface area (Å²) in [5.41, 5.74) is 0.813. The summed E-state index contributed by atoms with van der Waals surface area (Å²) in [6.07, 6.45) is 2.05. The first-order chi connectivity index (χ1) is 6.74. The van der Waals surface area contributed by atoms with E-state index in [9.17, 15) is 4.39 Å². The van der Waals surface area contributed by atoms with Gasteiger partial charge in [-0.1, -0.05) is 11.6 Å². The van der Waals surface area contributed by atoms with Crippen LogP contribution in [-0.4, -0.2) is 18.6 Å². The average molecular weight is 234 g/mol. The van der Waals surface area contributed by atoms with Gasteiger partial charge in [-0.25, -0.2) is 4.39 Å². The summed E-state index contributed by atoms with van der Waals surface area (Å²) >= 11 is 7.67. The van der Waals surface area contributed by atoms with Gasteiger partial charge in [-0.3, -0.25) is 0 Å². The third-order valence-corrected chi connectivity index (χ3v) is 2.79. The van der Waals surface area contributed by atoms with Crippen molar-refractivity contribution in [1.29, 1.82) is 0 Å². The molecule has 0 spiro atoms. The smallest absolute Gasteiger partial charge is 0.123 e. The molecule has 0 unspecified atom stereocenters. The minimum atomic E-state index is -0.240. The van der Waals surface area contributed by atoms with E-state index in [0.717, 1.165) is 17.9 Å². The first kappa shape index (κ1) is 11.8. The van der Waals surface area contributed by atoms with Crippen molar-refractivity contribution in [3.8, 4) is 0 Å². The van der Waals surface area contributed by atoms with E-state index < -0.39 is 0 Å². The van der Waals surface area contributed by atoms with Crippen LogP contribution in [0.15, 0.2) is 18.2 Å². The van der Waals surface area contributed by atoms with Crippen molar-refractivity contribution in [3.05, 3.63) is 34.6 Å². The Hall–Kier alpha value is -0.250. The highest BCUT2D eigenvalue weighted by atomic mass is 35.5. The third-order valence-electron chi connectivity index (χ3n) is 1.81. The Balaban J connectivity index is 2.45. The third kappa shape index (κ3) is 3.86. The first-order valence-corrected chi connectivity index (χ1v) is 6.15. The fourth-order valence-corrected chi connectivity index (χ4v) is 1.61. The summed E-state index contributed by atoms with van der Waals surface area (Å²) in [5.74, 6) is 0.809. The Morgan fingerprint density at radius 2 is 2.29 bits per heavy atom. The van der Waals surface area contributed by atoms with Crippen LogP contribution in [0.5, 0.6) is 0 Å². The topological polar surface area (TPSA) is 12.0 Å². The number of benzene rings is 1. The Bertz CT molecular complexity index is 293. The van der Waals surface area contributed by atoms with Gasteiger partial charge in [0.2, 0.25) is 0 Å². The van der Waals surface area contributed by atoms with Crippen molar-refractivity contribution in [2.75, 3.05) is 18.6 Å². The largest absolute Gasteiger partial charge is 0.312 e. The maximum absolute atomic E-state index is 12.8. The van der Waals surface area contributed by atoms with Gasteiger partial charge in [-0.15, -0.1) is 0 Å². The fraction of sp³-hybridized carbons (Fsp3) is 0.400. The number of hydrogen-bond acceptors (Lipinski definition) is 2. The van der Waals surface area contributed by atoms with Gasteiger partial charge in [-0.2, -0.15) is 11.8 Å². The number of halogens is 2. The van der Waals surface area contributed by atoms with Crippen LogP contribution < -0.4 is 5.32 Å². The molecule has 0 aliphatic carbocycles. The van der Waals surface area contributed by atoms with Gasteiger partial charge in [0, 0.05) is 23.9 Å². The molecule has 0 radical (unpaired) electrons. The van der Waals surface area contributed by atoms with Gasteiger partial charge >= 0.3 is 0 Å². The van der Waals surface area contributed by atoms with E-state index in [1.54, 1.807) is 17.8 Å². The molecule has 0 aromatic heterocycles. The molecule has 1 nitrogen and oxygen atoms in total. The molecule has 1 N–H and O–H groups in total. The number of hydrogen-bond donors (Lipinski definition) is 1. The van der Waals surface area contributed by atoms with Crippen LogP contribution in [0.3, 0.4) is 0 Å². The van der Waals surface area contributed by atoms with Crippen LogP contribution in [0, 0.1) is 5.82 Å². The molecule has 78 valence electrons. The summed E-state index contributed by atoms with van der Waals surface area (Å²) in [4.78, 5) is 0. The van der Waals surface area contributed by atoms with Crippen molar-refractivity contribution < 1.29 is 4.39 Å². The molecule has 4 heteroatoms. The highest BCUT2D eigenvalue weighted by Gasteiger charge is 2.00. The molecule has 0 fully saturated rings. The van der Waals surface area contributed by atoms with E-state index in [2.05, 4.69) is 11.6 Å². The highest BCUT2D eigenvalue weighted by molar-refractivity contribution is 7.98. The zero-order valence-electron chi connectivity index (χ0n) is 8.02. The van der Waals surface area contributed by atoms with Gasteiger partial charge in [-0.05, 0) is 30.0 Å². The van der Waals surface area contributed by atoms with Crippen molar-refractivity contribution in [3.63, 3.8) is 0 Å². The Labute approximate surface area is 93.0 Å². The van der Waals surface area contributed by atoms with Crippen LogP contribution >= 0.6 is 23.4 Å². The Morgan fingerprint density at radius 3 is 3.00 bits per heavy atom. The number of rotatable bonds is 5. The fourth-order valence-electron chi connectivity index (χ4n) is 1.08. The lowest BCUT2D eigenvalue weighted by atomic mass is 10.2. The normalized spacial score (nSPS) is 10.5. The zero-order valence-corrected chi connectivity index (χ0v) is 9.59. The van der Waals surface area contributed by atoms with Gasteiger partial charge in [0.1, 0.15) is 5.82 Å². The van der Waals surface area contributed by atoms with Crippen molar-refractivity contribution in [1.82, 2.24) is 5.32 Å². The zero-order chi connectivity index (χ0) is 10.4. The molecule has 0 heterocycles. The molecule has 0 saturated carbocycles. The predicted molar refractivity (Wildman–Crippen MR) is 61.5 cm³/mol. The molecule has 1 aromatic rings. The summed E-state index contributed by atoms with van der Waals surface area (Å²) in [6, 6.07) is 4.42. The van der Waals surface area contributed by atoms with Crippen LogP contribution in [0.1, 0.15) is 5.56 Å². The minimum Gasteiger partial charge on any atom is -0.312 e. The van der Waals surface area contributed by atoms with E-state index in [4.69, 9.17) is 11.6 Å². The van der Waals surface area contributed by atoms with E-state index in [0.29, 0.717) is 11.6 Å². The molecule has 0 saturated heterocycles. The quantitative estimate of drug-likeness (QED) is 0.785. The summed E-state index contributed by atoms with van der Waals surface area (Å²) < 4.78 is 12.8. The maximum Gasteiger partial charge on any atom is 0.123 e. The van der Waals surface area contributed by atoms with E-state index in [1.165, 1.54) is 12.1 Å². The van der Waals surface area contributed by atoms with Crippen molar-refractivity contribution in [2.24, 2.45) is 0 Å². The van der Waals surface area contributed by atoms with Crippen LogP contribution in [0.25, 0.3) is 0 Å². The maximum atomic E-state index is 12.8. The highest BCUT2D eigenvalue weighted by Crippen LogP contribution is 2.16. The molecule has 1 aromatic carbocycles. The van der Waals surface area contributed by atoms with E-state index >= 15 is 0 Å². The molecule has 14 heavy (non-hydrogen) atoms. The molecular formula is C10H13ClFNS. The predicted octanol–water partition coefficient (Wildman–Crippen LogP) is 2.93. The standard InChI is InChI=1S/C10H13ClFNS/c1-14-5-4-13-7-8-6-9(12)2-3-10(8)11/h2-3,6,13H,4-5,7H2,1H3. The summed E-state index contributed by atoms with van der Waals surface area (Å²) in [7, 11) is 0. The lowest BCUT2D eigenvalue weighted by Gasteiger charge is -2.05.